The van der Waals surface area contributed by atoms with Crippen molar-refractivity contribution < 1.29 is 4.39 Å². The molecule has 0 aliphatic carbocycles. The Morgan fingerprint density at radius 3 is 2.75 bits per heavy atom. The van der Waals surface area contributed by atoms with Crippen LogP contribution in [0.5, 0.6) is 0 Å². The van der Waals surface area contributed by atoms with Gasteiger partial charge < -0.3 is 5.32 Å². The Labute approximate surface area is 123 Å². The molecule has 0 spiro atoms. The molecule has 0 amide bonds. The summed E-state index contributed by atoms with van der Waals surface area (Å²) in [7, 11) is 0. The monoisotopic (exact) mass is 306 g/mol. The van der Waals surface area contributed by atoms with E-state index >= 15 is 0 Å². The van der Waals surface area contributed by atoms with Gasteiger partial charge in [-0.15, -0.1) is 11.3 Å². The van der Waals surface area contributed by atoms with Crippen LogP contribution in [0, 0.1) is 5.82 Å². The molecule has 3 rings (SSSR count). The van der Waals surface area contributed by atoms with Crippen LogP contribution in [0.15, 0.2) is 41.9 Å². The Hall–Kier alpha value is -2.05. The first-order chi connectivity index (χ1) is 9.72. The molecule has 0 aliphatic heterocycles. The Kier molecular flexibility index (Phi) is 3.58. The molecule has 0 unspecified atom stereocenters. The molecule has 0 radical (unpaired) electrons. The van der Waals surface area contributed by atoms with Gasteiger partial charge in [-0.2, -0.15) is 4.98 Å². The highest BCUT2D eigenvalue weighted by atomic mass is 35.5. The molecule has 4 nitrogen and oxygen atoms in total. The normalized spacial score (nSPS) is 10.5. The lowest BCUT2D eigenvalue weighted by atomic mass is 10.2. The number of halogens is 2. The SMILES string of the molecule is Fc1cnc(Cl)nc1Nc1nc(-c2ccccc2)cs1. The van der Waals surface area contributed by atoms with Crippen molar-refractivity contribution in [1.82, 2.24) is 15.0 Å². The van der Waals surface area contributed by atoms with E-state index in [1.165, 1.54) is 11.3 Å². The van der Waals surface area contributed by atoms with Gasteiger partial charge in [0, 0.05) is 10.9 Å². The molecular formula is C13H8ClFN4S. The maximum absolute atomic E-state index is 13.5. The third-order valence-electron chi connectivity index (χ3n) is 2.51. The van der Waals surface area contributed by atoms with Gasteiger partial charge in [-0.3, -0.25) is 0 Å². The molecule has 0 saturated heterocycles. The Balaban J connectivity index is 1.86. The fraction of sp³-hybridized carbons (Fsp3) is 0. The molecule has 2 heterocycles. The highest BCUT2D eigenvalue weighted by Gasteiger charge is 2.09. The molecule has 0 aliphatic rings. The maximum Gasteiger partial charge on any atom is 0.224 e. The first-order valence-electron chi connectivity index (χ1n) is 5.68. The summed E-state index contributed by atoms with van der Waals surface area (Å²) in [6, 6.07) is 9.73. The number of rotatable bonds is 3. The predicted molar refractivity (Wildman–Crippen MR) is 77.8 cm³/mol. The minimum Gasteiger partial charge on any atom is -0.314 e. The lowest BCUT2D eigenvalue weighted by molar-refractivity contribution is 0.619. The lowest BCUT2D eigenvalue weighted by Crippen LogP contribution is -1.98. The summed E-state index contributed by atoms with van der Waals surface area (Å²) in [6.07, 6.45) is 1.02. The van der Waals surface area contributed by atoms with Gasteiger partial charge in [0.25, 0.3) is 0 Å². The van der Waals surface area contributed by atoms with Crippen LogP contribution < -0.4 is 5.32 Å². The summed E-state index contributed by atoms with van der Waals surface area (Å²) in [6.45, 7) is 0. The van der Waals surface area contributed by atoms with E-state index in [0.717, 1.165) is 17.5 Å². The van der Waals surface area contributed by atoms with Crippen LogP contribution in [0.3, 0.4) is 0 Å². The van der Waals surface area contributed by atoms with E-state index in [1.54, 1.807) is 0 Å². The number of nitrogens with one attached hydrogen (secondary N) is 1. The van der Waals surface area contributed by atoms with Crippen LogP contribution in [-0.4, -0.2) is 15.0 Å². The molecule has 7 heteroatoms. The van der Waals surface area contributed by atoms with Crippen molar-refractivity contribution in [3.63, 3.8) is 0 Å². The van der Waals surface area contributed by atoms with Gasteiger partial charge in [-0.25, -0.2) is 14.4 Å². The summed E-state index contributed by atoms with van der Waals surface area (Å²) in [5.41, 5.74) is 1.82. The van der Waals surface area contributed by atoms with E-state index in [2.05, 4.69) is 20.3 Å². The van der Waals surface area contributed by atoms with Crippen molar-refractivity contribution in [3.8, 4) is 11.3 Å². The second-order valence-corrected chi connectivity index (χ2v) is 5.06. The van der Waals surface area contributed by atoms with E-state index in [-0.39, 0.29) is 11.1 Å². The van der Waals surface area contributed by atoms with Crippen LogP contribution in [0.4, 0.5) is 15.3 Å². The van der Waals surface area contributed by atoms with Crippen molar-refractivity contribution in [3.05, 3.63) is 53.0 Å². The second kappa shape index (κ2) is 5.52. The fourth-order valence-corrected chi connectivity index (χ4v) is 2.46. The first-order valence-corrected chi connectivity index (χ1v) is 6.94. The molecule has 2 aromatic heterocycles. The van der Waals surface area contributed by atoms with Gasteiger partial charge in [0.1, 0.15) is 0 Å². The van der Waals surface area contributed by atoms with Gasteiger partial charge in [0.2, 0.25) is 5.28 Å². The van der Waals surface area contributed by atoms with E-state index in [1.807, 2.05) is 35.7 Å². The average Bonchev–Trinajstić information content (AvgIpc) is 2.92. The number of thiazole rings is 1. The standard InChI is InChI=1S/C13H8ClFN4S/c14-12-16-6-9(15)11(18-12)19-13-17-10(7-20-13)8-4-2-1-3-5-8/h1-7H,(H,16,17,18,19). The van der Waals surface area contributed by atoms with Crippen LogP contribution in [0.1, 0.15) is 0 Å². The zero-order valence-electron chi connectivity index (χ0n) is 10.0. The van der Waals surface area contributed by atoms with E-state index in [9.17, 15) is 4.39 Å². The molecule has 0 saturated carbocycles. The zero-order valence-corrected chi connectivity index (χ0v) is 11.6. The van der Waals surface area contributed by atoms with E-state index < -0.39 is 5.82 Å². The van der Waals surface area contributed by atoms with Crippen molar-refractivity contribution >= 4 is 33.9 Å². The first kappa shape index (κ1) is 13.0. The molecule has 0 bridgehead atoms. The second-order valence-electron chi connectivity index (χ2n) is 3.86. The van der Waals surface area contributed by atoms with E-state index in [4.69, 9.17) is 11.6 Å². The van der Waals surface area contributed by atoms with Gasteiger partial charge in [0.05, 0.1) is 11.9 Å². The maximum atomic E-state index is 13.5. The van der Waals surface area contributed by atoms with Gasteiger partial charge in [-0.05, 0) is 11.6 Å². The highest BCUT2D eigenvalue weighted by molar-refractivity contribution is 7.14. The van der Waals surface area contributed by atoms with Gasteiger partial charge in [0.15, 0.2) is 16.8 Å². The topological polar surface area (TPSA) is 50.7 Å². The number of hydrogen-bond donors (Lipinski definition) is 1. The van der Waals surface area contributed by atoms with Crippen molar-refractivity contribution in [2.45, 2.75) is 0 Å². The quantitative estimate of drug-likeness (QED) is 0.739. The van der Waals surface area contributed by atoms with Crippen LogP contribution in [-0.2, 0) is 0 Å². The third kappa shape index (κ3) is 2.76. The van der Waals surface area contributed by atoms with Crippen LogP contribution >= 0.6 is 22.9 Å². The fourth-order valence-electron chi connectivity index (χ4n) is 1.61. The van der Waals surface area contributed by atoms with Gasteiger partial charge >= 0.3 is 0 Å². The minimum atomic E-state index is -0.578. The van der Waals surface area contributed by atoms with E-state index in [0.29, 0.717) is 5.13 Å². The minimum absolute atomic E-state index is 0.0129. The Morgan fingerprint density at radius 2 is 1.95 bits per heavy atom. The summed E-state index contributed by atoms with van der Waals surface area (Å²) in [4.78, 5) is 11.7. The summed E-state index contributed by atoms with van der Waals surface area (Å²) in [5, 5.41) is 5.21. The third-order valence-corrected chi connectivity index (χ3v) is 3.45. The number of aromatic nitrogens is 3. The molecule has 0 atom stereocenters. The largest absolute Gasteiger partial charge is 0.314 e. The summed E-state index contributed by atoms with van der Waals surface area (Å²) >= 11 is 7.00. The smallest absolute Gasteiger partial charge is 0.224 e. The Morgan fingerprint density at radius 1 is 1.15 bits per heavy atom. The molecule has 0 fully saturated rings. The number of hydrogen-bond acceptors (Lipinski definition) is 5. The van der Waals surface area contributed by atoms with Gasteiger partial charge in [-0.1, -0.05) is 30.3 Å². The van der Waals surface area contributed by atoms with Crippen molar-refractivity contribution in [1.29, 1.82) is 0 Å². The van der Waals surface area contributed by atoms with Crippen LogP contribution in [0.2, 0.25) is 5.28 Å². The summed E-state index contributed by atoms with van der Waals surface area (Å²) < 4.78 is 13.5. The number of anilines is 2. The molecule has 20 heavy (non-hydrogen) atoms. The number of benzene rings is 1. The average molecular weight is 307 g/mol. The zero-order chi connectivity index (χ0) is 13.9. The van der Waals surface area contributed by atoms with Crippen LogP contribution in [0.25, 0.3) is 11.3 Å². The van der Waals surface area contributed by atoms with Crippen molar-refractivity contribution in [2.24, 2.45) is 0 Å². The molecule has 3 aromatic rings. The molecule has 1 N–H and O–H groups in total. The lowest BCUT2D eigenvalue weighted by Gasteiger charge is -2.02. The molecule has 1 aromatic carbocycles. The molecule has 100 valence electrons. The molecular weight excluding hydrogens is 299 g/mol. The highest BCUT2D eigenvalue weighted by Crippen LogP contribution is 2.27. The predicted octanol–water partition coefficient (Wildman–Crippen LogP) is 4.14. The number of nitrogens with zero attached hydrogens (tertiary/aromatic N) is 3. The summed E-state index contributed by atoms with van der Waals surface area (Å²) in [5.74, 6) is -0.565. The Bertz CT molecular complexity index is 732. The van der Waals surface area contributed by atoms with Crippen molar-refractivity contribution in [2.75, 3.05) is 5.32 Å².